The maximum atomic E-state index is 12.3. The molecular formula is C16H20N2O6. The van der Waals surface area contributed by atoms with Gasteiger partial charge in [-0.15, -0.1) is 0 Å². The van der Waals surface area contributed by atoms with E-state index in [-0.39, 0.29) is 42.1 Å². The molecule has 0 fully saturated rings. The van der Waals surface area contributed by atoms with Gasteiger partial charge >= 0.3 is 12.1 Å². The Labute approximate surface area is 139 Å². The number of urea groups is 1. The van der Waals surface area contributed by atoms with Crippen molar-refractivity contribution in [3.8, 4) is 0 Å². The number of hydrogen-bond donors (Lipinski definition) is 1. The summed E-state index contributed by atoms with van der Waals surface area (Å²) in [5, 5.41) is 0. The molecule has 1 aliphatic carbocycles. The lowest BCUT2D eigenvalue weighted by atomic mass is 9.92. The SMILES string of the molecule is C=CCOC(C=O)=C(C1=CCC1=O)N(C(N)=O)C(=O)OC(C)(C)C. The number of rotatable bonds is 6. The van der Waals surface area contributed by atoms with Crippen LogP contribution in [0.5, 0.6) is 0 Å². The third kappa shape index (κ3) is 4.55. The number of nitrogens with zero attached hydrogens (tertiary/aromatic N) is 1. The summed E-state index contributed by atoms with van der Waals surface area (Å²) in [4.78, 5) is 47.7. The van der Waals surface area contributed by atoms with E-state index in [1.807, 2.05) is 0 Å². The van der Waals surface area contributed by atoms with Crippen LogP contribution in [-0.2, 0) is 19.1 Å². The molecule has 0 saturated carbocycles. The minimum absolute atomic E-state index is 0.00850. The van der Waals surface area contributed by atoms with Crippen molar-refractivity contribution in [2.75, 3.05) is 6.61 Å². The summed E-state index contributed by atoms with van der Waals surface area (Å²) in [6.45, 7) is 8.15. The molecule has 0 radical (unpaired) electrons. The van der Waals surface area contributed by atoms with Gasteiger partial charge in [-0.1, -0.05) is 18.7 Å². The van der Waals surface area contributed by atoms with Crippen molar-refractivity contribution in [1.82, 2.24) is 4.90 Å². The first-order chi connectivity index (χ1) is 11.1. The molecule has 0 aromatic carbocycles. The number of ketones is 1. The summed E-state index contributed by atoms with van der Waals surface area (Å²) < 4.78 is 10.3. The van der Waals surface area contributed by atoms with E-state index in [4.69, 9.17) is 15.2 Å². The molecule has 0 unspecified atom stereocenters. The number of primary amides is 1. The highest BCUT2D eigenvalue weighted by molar-refractivity contribution is 6.09. The smallest absolute Gasteiger partial charge is 0.423 e. The zero-order valence-electron chi connectivity index (χ0n) is 13.8. The molecule has 0 atom stereocenters. The second-order valence-corrected chi connectivity index (χ2v) is 5.83. The maximum absolute atomic E-state index is 12.3. The molecule has 0 spiro atoms. The Balaban J connectivity index is 3.42. The summed E-state index contributed by atoms with van der Waals surface area (Å²) >= 11 is 0. The number of carbonyl (C=O) groups is 4. The zero-order chi connectivity index (χ0) is 18.5. The minimum atomic E-state index is -1.21. The van der Waals surface area contributed by atoms with E-state index < -0.39 is 17.7 Å². The minimum Gasteiger partial charge on any atom is -0.484 e. The highest BCUT2D eigenvalue weighted by Crippen LogP contribution is 2.29. The normalized spacial score (nSPS) is 14.6. The van der Waals surface area contributed by atoms with Crippen LogP contribution in [0.1, 0.15) is 27.2 Å². The largest absolute Gasteiger partial charge is 0.484 e. The van der Waals surface area contributed by atoms with E-state index in [9.17, 15) is 19.2 Å². The highest BCUT2D eigenvalue weighted by atomic mass is 16.6. The van der Waals surface area contributed by atoms with Gasteiger partial charge in [0.2, 0.25) is 0 Å². The average molecular weight is 336 g/mol. The summed E-state index contributed by atoms with van der Waals surface area (Å²) in [6, 6.07) is -1.21. The standard InChI is InChI=1S/C16H20N2O6/c1-5-8-23-12(9-19)13(10-6-7-11(10)20)18(14(17)21)15(22)24-16(2,3)4/h5-6,9H,1,7-8H2,2-4H3,(H2,17,21). The molecule has 3 amide bonds. The summed E-state index contributed by atoms with van der Waals surface area (Å²) in [5.74, 6) is -0.750. The second-order valence-electron chi connectivity index (χ2n) is 5.83. The van der Waals surface area contributed by atoms with Crippen LogP contribution in [0.15, 0.2) is 35.8 Å². The second kappa shape index (κ2) is 7.58. The van der Waals surface area contributed by atoms with Crippen LogP contribution in [0, 0.1) is 0 Å². The van der Waals surface area contributed by atoms with Crippen LogP contribution in [0.4, 0.5) is 9.59 Å². The van der Waals surface area contributed by atoms with Crippen LogP contribution in [0.2, 0.25) is 0 Å². The van der Waals surface area contributed by atoms with E-state index >= 15 is 0 Å². The monoisotopic (exact) mass is 336 g/mol. The lowest BCUT2D eigenvalue weighted by Gasteiger charge is -2.29. The van der Waals surface area contributed by atoms with Gasteiger partial charge in [-0.2, -0.15) is 4.90 Å². The zero-order valence-corrected chi connectivity index (χ0v) is 13.8. The van der Waals surface area contributed by atoms with Crippen molar-refractivity contribution in [3.05, 3.63) is 35.8 Å². The van der Waals surface area contributed by atoms with Crippen molar-refractivity contribution >= 4 is 24.2 Å². The molecule has 8 nitrogen and oxygen atoms in total. The van der Waals surface area contributed by atoms with Gasteiger partial charge < -0.3 is 15.2 Å². The van der Waals surface area contributed by atoms with E-state index in [2.05, 4.69) is 6.58 Å². The fourth-order valence-electron chi connectivity index (χ4n) is 1.79. The first-order valence-corrected chi connectivity index (χ1v) is 7.11. The molecule has 0 saturated heterocycles. The lowest BCUT2D eigenvalue weighted by Crippen LogP contribution is -2.45. The van der Waals surface area contributed by atoms with Crippen molar-refractivity contribution in [2.45, 2.75) is 32.8 Å². The Morgan fingerprint density at radius 1 is 1.42 bits per heavy atom. The molecule has 1 aliphatic rings. The molecule has 8 heteroatoms. The first-order valence-electron chi connectivity index (χ1n) is 7.11. The van der Waals surface area contributed by atoms with Gasteiger partial charge in [-0.05, 0) is 20.8 Å². The molecule has 130 valence electrons. The Morgan fingerprint density at radius 2 is 2.04 bits per heavy atom. The molecule has 0 aromatic rings. The van der Waals surface area contributed by atoms with Gasteiger partial charge in [0.1, 0.15) is 17.9 Å². The molecule has 2 N–H and O–H groups in total. The Hall–Kier alpha value is -2.90. The number of allylic oxidation sites excluding steroid dienone is 3. The van der Waals surface area contributed by atoms with Crippen molar-refractivity contribution in [1.29, 1.82) is 0 Å². The predicted molar refractivity (Wildman–Crippen MR) is 84.6 cm³/mol. The third-order valence-electron chi connectivity index (χ3n) is 2.76. The number of amides is 3. The Kier molecular flexibility index (Phi) is 6.05. The number of nitrogens with two attached hydrogens (primary N) is 1. The van der Waals surface area contributed by atoms with Crippen LogP contribution >= 0.6 is 0 Å². The number of carbonyl (C=O) groups excluding carboxylic acids is 4. The van der Waals surface area contributed by atoms with E-state index in [1.54, 1.807) is 20.8 Å². The van der Waals surface area contributed by atoms with Gasteiger partial charge in [-0.3, -0.25) is 9.59 Å². The summed E-state index contributed by atoms with van der Waals surface area (Å²) in [6.07, 6.45) is 2.10. The quantitative estimate of drug-likeness (QED) is 0.342. The van der Waals surface area contributed by atoms with Crippen LogP contribution < -0.4 is 5.73 Å². The summed E-state index contributed by atoms with van der Waals surface area (Å²) in [5.41, 5.74) is 4.01. The van der Waals surface area contributed by atoms with Crippen molar-refractivity contribution in [3.63, 3.8) is 0 Å². The predicted octanol–water partition coefficient (Wildman–Crippen LogP) is 1.81. The topological polar surface area (TPSA) is 116 Å². The fraction of sp³-hybridized carbons (Fsp3) is 0.375. The van der Waals surface area contributed by atoms with Crippen LogP contribution in [-0.4, -0.2) is 41.3 Å². The number of aldehydes is 1. The molecule has 0 heterocycles. The Morgan fingerprint density at radius 3 is 2.38 bits per heavy atom. The molecule has 0 aromatic heterocycles. The van der Waals surface area contributed by atoms with E-state index in [1.165, 1.54) is 12.2 Å². The number of ether oxygens (including phenoxy) is 2. The third-order valence-corrected chi connectivity index (χ3v) is 2.76. The van der Waals surface area contributed by atoms with Gasteiger partial charge in [-0.25, -0.2) is 9.59 Å². The fourth-order valence-corrected chi connectivity index (χ4v) is 1.79. The van der Waals surface area contributed by atoms with Crippen LogP contribution in [0.3, 0.4) is 0 Å². The van der Waals surface area contributed by atoms with E-state index in [0.717, 1.165) is 0 Å². The average Bonchev–Trinajstić information content (AvgIpc) is 2.44. The van der Waals surface area contributed by atoms with Gasteiger partial charge in [0.05, 0.1) is 0 Å². The highest BCUT2D eigenvalue weighted by Gasteiger charge is 2.37. The number of imide groups is 1. The molecule has 0 aliphatic heterocycles. The van der Waals surface area contributed by atoms with Gasteiger partial charge in [0, 0.05) is 12.0 Å². The molecule has 0 bridgehead atoms. The molecule has 1 rings (SSSR count). The first kappa shape index (κ1) is 19.1. The number of Topliss-reactive ketones (excluding diaryl/α,β-unsaturated/α-hetero) is 1. The van der Waals surface area contributed by atoms with E-state index in [0.29, 0.717) is 4.90 Å². The maximum Gasteiger partial charge on any atom is 0.423 e. The van der Waals surface area contributed by atoms with Crippen LogP contribution in [0.25, 0.3) is 0 Å². The molecular weight excluding hydrogens is 316 g/mol. The number of hydrogen-bond acceptors (Lipinski definition) is 6. The lowest BCUT2D eigenvalue weighted by molar-refractivity contribution is -0.116. The van der Waals surface area contributed by atoms with Gasteiger partial charge in [0.25, 0.3) is 0 Å². The Bertz CT molecular complexity index is 639. The molecule has 24 heavy (non-hydrogen) atoms. The summed E-state index contributed by atoms with van der Waals surface area (Å²) in [7, 11) is 0. The van der Waals surface area contributed by atoms with Crippen molar-refractivity contribution < 1.29 is 28.7 Å². The van der Waals surface area contributed by atoms with Crippen molar-refractivity contribution in [2.24, 2.45) is 5.73 Å². The van der Waals surface area contributed by atoms with Gasteiger partial charge in [0.15, 0.2) is 17.8 Å².